The largest absolute Gasteiger partial charge is 0.362 e. The maximum Gasteiger partial charge on any atom is 0.209 e. The molecule has 0 saturated heterocycles. The van der Waals surface area contributed by atoms with Gasteiger partial charge in [-0.15, -0.1) is 0 Å². The van der Waals surface area contributed by atoms with Crippen molar-refractivity contribution in [2.45, 2.75) is 77.9 Å². The Kier molecular flexibility index (Phi) is 5.54. The lowest BCUT2D eigenvalue weighted by molar-refractivity contribution is -0.118. The van der Waals surface area contributed by atoms with Crippen LogP contribution in [0.15, 0.2) is 84.1 Å². The van der Waals surface area contributed by atoms with Gasteiger partial charge >= 0.3 is 0 Å². The van der Waals surface area contributed by atoms with Crippen LogP contribution >= 0.6 is 0 Å². The number of para-hydroxylation sites is 2. The normalized spacial score (nSPS) is 22.9. The molecule has 0 saturated carbocycles. The van der Waals surface area contributed by atoms with Crippen LogP contribution in [0.4, 0.5) is 11.6 Å². The van der Waals surface area contributed by atoms with Gasteiger partial charge in [0.25, 0.3) is 0 Å². The topological polar surface area (TPSA) is 50.2 Å². The second-order valence-corrected chi connectivity index (χ2v) is 13.5. The van der Waals surface area contributed by atoms with E-state index in [4.69, 9.17) is 4.98 Å². The first-order valence-corrected chi connectivity index (χ1v) is 14.6. The minimum Gasteiger partial charge on any atom is -0.362 e. The number of allylic oxidation sites excluding steroid dienone is 2. The number of benzene rings is 3. The van der Waals surface area contributed by atoms with Crippen molar-refractivity contribution in [1.82, 2.24) is 9.55 Å². The van der Waals surface area contributed by atoms with Gasteiger partial charge in [0.15, 0.2) is 5.78 Å². The number of nitrogens with one attached hydrogen (secondary N) is 1. The van der Waals surface area contributed by atoms with Crippen LogP contribution in [-0.2, 0) is 11.3 Å². The number of carbonyl (C=O) groups is 1. The minimum absolute atomic E-state index is 0.0346. The van der Waals surface area contributed by atoms with Gasteiger partial charge in [-0.1, -0.05) is 75.4 Å². The summed E-state index contributed by atoms with van der Waals surface area (Å²) in [6, 6.07) is 25.8. The van der Waals surface area contributed by atoms with Gasteiger partial charge in [-0.3, -0.25) is 9.36 Å². The molecule has 0 spiro atoms. The van der Waals surface area contributed by atoms with E-state index < -0.39 is 0 Å². The summed E-state index contributed by atoms with van der Waals surface area (Å²) < 4.78 is 2.26. The van der Waals surface area contributed by atoms with E-state index >= 15 is 0 Å². The Morgan fingerprint density at radius 3 is 2.50 bits per heavy atom. The second-order valence-electron chi connectivity index (χ2n) is 13.5. The molecule has 0 unspecified atom stereocenters. The van der Waals surface area contributed by atoms with Crippen LogP contribution in [0.1, 0.15) is 82.5 Å². The number of Topliss-reactive ketones (excluding diaryl/α,β-unsaturated/α-hetero) is 1. The Morgan fingerprint density at radius 2 is 1.70 bits per heavy atom. The van der Waals surface area contributed by atoms with Crippen LogP contribution in [-0.4, -0.2) is 20.9 Å². The summed E-state index contributed by atoms with van der Waals surface area (Å²) in [7, 11) is 0. The fraction of sp³-hybridized carbons (Fsp3) is 0.371. The van der Waals surface area contributed by atoms with Crippen molar-refractivity contribution >= 4 is 28.5 Å². The number of aromatic nitrogens is 2. The van der Waals surface area contributed by atoms with Gasteiger partial charge in [-0.2, -0.15) is 0 Å². The molecular weight excluding hydrogens is 492 g/mol. The number of anilines is 2. The average Bonchev–Trinajstić information content (AvgIpc) is 3.27. The molecule has 3 aromatic carbocycles. The Balaban J connectivity index is 1.40. The number of hydrogen-bond donors (Lipinski definition) is 1. The predicted molar refractivity (Wildman–Crippen MR) is 163 cm³/mol. The van der Waals surface area contributed by atoms with Crippen LogP contribution in [0.25, 0.3) is 11.0 Å². The summed E-state index contributed by atoms with van der Waals surface area (Å²) in [5, 5.41) is 3.59. The van der Waals surface area contributed by atoms with Crippen molar-refractivity contribution in [3.05, 3.63) is 101 Å². The summed E-state index contributed by atoms with van der Waals surface area (Å²) in [4.78, 5) is 21.4. The number of carbonyl (C=O) groups excluding carboxylic acids is 1. The monoisotopic (exact) mass is 530 g/mol. The highest BCUT2D eigenvalue weighted by atomic mass is 16.1. The summed E-state index contributed by atoms with van der Waals surface area (Å²) in [6.07, 6.45) is 2.48. The lowest BCUT2D eigenvalue weighted by Gasteiger charge is -2.48. The number of ketones is 1. The number of imidazole rings is 1. The van der Waals surface area contributed by atoms with Gasteiger partial charge in [0.1, 0.15) is 0 Å². The number of hydrogen-bond acceptors (Lipinski definition) is 4. The van der Waals surface area contributed by atoms with Crippen LogP contribution in [0.5, 0.6) is 0 Å². The third-order valence-corrected chi connectivity index (χ3v) is 9.22. The van der Waals surface area contributed by atoms with E-state index in [0.29, 0.717) is 12.3 Å². The minimum atomic E-state index is -0.197. The molecule has 204 valence electrons. The van der Waals surface area contributed by atoms with Crippen molar-refractivity contribution in [2.24, 2.45) is 5.41 Å². The van der Waals surface area contributed by atoms with Crippen molar-refractivity contribution in [3.63, 3.8) is 0 Å². The molecule has 5 heteroatoms. The maximum atomic E-state index is 13.8. The van der Waals surface area contributed by atoms with Crippen molar-refractivity contribution < 1.29 is 4.79 Å². The zero-order valence-corrected chi connectivity index (χ0v) is 24.2. The molecular formula is C35H38N4O. The van der Waals surface area contributed by atoms with E-state index in [1.165, 1.54) is 16.8 Å². The third kappa shape index (κ3) is 3.97. The lowest BCUT2D eigenvalue weighted by Crippen LogP contribution is -2.47. The molecule has 2 atom stereocenters. The molecule has 5 nitrogen and oxygen atoms in total. The molecule has 3 aliphatic rings. The maximum absolute atomic E-state index is 13.8. The van der Waals surface area contributed by atoms with E-state index in [9.17, 15) is 4.79 Å². The molecule has 1 N–H and O–H groups in total. The fourth-order valence-corrected chi connectivity index (χ4v) is 7.48. The molecule has 0 bridgehead atoms. The average molecular weight is 531 g/mol. The highest BCUT2D eigenvalue weighted by molar-refractivity contribution is 6.01. The van der Waals surface area contributed by atoms with Gasteiger partial charge in [0.05, 0.1) is 17.1 Å². The number of rotatable bonds is 3. The van der Waals surface area contributed by atoms with E-state index in [1.807, 2.05) is 6.07 Å². The van der Waals surface area contributed by atoms with Crippen LogP contribution < -0.4 is 10.2 Å². The Hall–Kier alpha value is -3.86. The first-order valence-electron chi connectivity index (χ1n) is 14.6. The van der Waals surface area contributed by atoms with Crippen molar-refractivity contribution in [3.8, 4) is 0 Å². The molecule has 3 heterocycles. The van der Waals surface area contributed by atoms with E-state index in [2.05, 4.69) is 116 Å². The lowest BCUT2D eigenvalue weighted by atomic mass is 9.72. The van der Waals surface area contributed by atoms with Gasteiger partial charge in [0.2, 0.25) is 5.95 Å². The van der Waals surface area contributed by atoms with Crippen LogP contribution in [0.2, 0.25) is 0 Å². The SMILES string of the molecule is C[C@@H]1CC(C)(C)N(Cc2ccccc2)c2ccc([C@H]3C4=C(CC(C)(C)CC4=O)Nc4nc5ccccc5n43)cc21. The molecule has 0 fully saturated rings. The molecule has 0 radical (unpaired) electrons. The molecule has 2 aliphatic heterocycles. The zero-order chi connectivity index (χ0) is 27.8. The second kappa shape index (κ2) is 8.82. The van der Waals surface area contributed by atoms with Crippen LogP contribution in [0, 0.1) is 5.41 Å². The Morgan fingerprint density at radius 1 is 0.950 bits per heavy atom. The predicted octanol–water partition coefficient (Wildman–Crippen LogP) is 7.99. The van der Waals surface area contributed by atoms with Gasteiger partial charge < -0.3 is 10.2 Å². The van der Waals surface area contributed by atoms with E-state index in [1.54, 1.807) is 0 Å². The quantitative estimate of drug-likeness (QED) is 0.292. The molecule has 40 heavy (non-hydrogen) atoms. The molecule has 0 amide bonds. The third-order valence-electron chi connectivity index (χ3n) is 9.22. The van der Waals surface area contributed by atoms with Crippen LogP contribution in [0.3, 0.4) is 0 Å². The fourth-order valence-electron chi connectivity index (χ4n) is 7.48. The highest BCUT2D eigenvalue weighted by Gasteiger charge is 2.43. The molecule has 1 aromatic heterocycles. The Bertz CT molecular complexity index is 1680. The summed E-state index contributed by atoms with van der Waals surface area (Å²) in [5.41, 5.74) is 9.04. The Labute approximate surface area is 236 Å². The first kappa shape index (κ1) is 25.1. The van der Waals surface area contributed by atoms with E-state index in [-0.39, 0.29) is 22.8 Å². The molecule has 1 aliphatic carbocycles. The highest BCUT2D eigenvalue weighted by Crippen LogP contribution is 2.50. The van der Waals surface area contributed by atoms with Gasteiger partial charge in [0, 0.05) is 35.5 Å². The van der Waals surface area contributed by atoms with Gasteiger partial charge in [-0.25, -0.2) is 4.98 Å². The van der Waals surface area contributed by atoms with E-state index in [0.717, 1.165) is 53.2 Å². The molecule has 4 aromatic rings. The van der Waals surface area contributed by atoms with Crippen molar-refractivity contribution in [2.75, 3.05) is 10.2 Å². The standard InChI is InChI=1S/C35H38N4O/c1-22-18-35(4,5)38(21-23-11-7-6-8-12-23)28-16-15-24(17-25(22)28)32-31-27(19-34(2,3)20-30(31)40)37-33-36-26-13-9-10-14-29(26)39(32)33/h6-17,22,32H,18-21H2,1-5H3,(H,36,37)/t22-,32+/m1/s1. The molecule has 7 rings (SSSR count). The summed E-state index contributed by atoms with van der Waals surface area (Å²) in [5.74, 6) is 1.48. The summed E-state index contributed by atoms with van der Waals surface area (Å²) >= 11 is 0. The van der Waals surface area contributed by atoms with Crippen molar-refractivity contribution in [1.29, 1.82) is 0 Å². The number of fused-ring (bicyclic) bond motifs is 4. The summed E-state index contributed by atoms with van der Waals surface area (Å²) in [6.45, 7) is 12.3. The first-order chi connectivity index (χ1) is 19.1. The zero-order valence-electron chi connectivity index (χ0n) is 24.2. The smallest absolute Gasteiger partial charge is 0.209 e. The number of nitrogens with zero attached hydrogens (tertiary/aromatic N) is 3. The van der Waals surface area contributed by atoms with Gasteiger partial charge in [-0.05, 0) is 72.9 Å².